The van der Waals surface area contributed by atoms with Gasteiger partial charge in [-0.1, -0.05) is 18.0 Å². The number of nitro benzene ring substituents is 1. The second kappa shape index (κ2) is 5.22. The molecule has 2 N–H and O–H groups in total. The first-order valence-corrected chi connectivity index (χ1v) is 7.38. The van der Waals surface area contributed by atoms with Gasteiger partial charge in [-0.05, 0) is 36.8 Å². The van der Waals surface area contributed by atoms with Gasteiger partial charge in [-0.15, -0.1) is 0 Å². The molecule has 0 bridgehead atoms. The van der Waals surface area contributed by atoms with E-state index in [1.54, 1.807) is 12.1 Å². The molecule has 20 heavy (non-hydrogen) atoms. The first-order chi connectivity index (χ1) is 9.56. The first-order valence-electron chi connectivity index (χ1n) is 7.00. The van der Waals surface area contributed by atoms with Crippen LogP contribution in [-0.2, 0) is 0 Å². The predicted molar refractivity (Wildman–Crippen MR) is 79.1 cm³/mol. The lowest BCUT2D eigenvalue weighted by Gasteiger charge is -2.29. The summed E-state index contributed by atoms with van der Waals surface area (Å²) in [5.74, 6) is 1.02. The first kappa shape index (κ1) is 13.6. The van der Waals surface area contributed by atoms with Crippen molar-refractivity contribution in [1.29, 1.82) is 0 Å². The maximum absolute atomic E-state index is 11.2. The molecular formula is C14H18ClN3O2. The van der Waals surface area contributed by atoms with Crippen LogP contribution in [0.1, 0.15) is 19.3 Å². The van der Waals surface area contributed by atoms with Crippen molar-refractivity contribution in [2.24, 2.45) is 17.6 Å². The fourth-order valence-electron chi connectivity index (χ4n) is 3.62. The number of hydrogen-bond donors (Lipinski definition) is 1. The molecule has 1 aromatic rings. The molecule has 3 atom stereocenters. The second-order valence-corrected chi connectivity index (χ2v) is 6.25. The highest BCUT2D eigenvalue weighted by molar-refractivity contribution is 6.30. The van der Waals surface area contributed by atoms with Crippen LogP contribution in [0.3, 0.4) is 0 Å². The Labute approximate surface area is 122 Å². The van der Waals surface area contributed by atoms with E-state index in [-0.39, 0.29) is 16.7 Å². The van der Waals surface area contributed by atoms with Crippen molar-refractivity contribution >= 4 is 23.0 Å². The molecule has 3 unspecified atom stereocenters. The van der Waals surface area contributed by atoms with Gasteiger partial charge in [0.2, 0.25) is 0 Å². The van der Waals surface area contributed by atoms with Crippen molar-refractivity contribution in [2.45, 2.75) is 25.3 Å². The average Bonchev–Trinajstić information content (AvgIpc) is 2.84. The number of hydrogen-bond acceptors (Lipinski definition) is 4. The summed E-state index contributed by atoms with van der Waals surface area (Å²) in [6.07, 6.45) is 3.41. The maximum atomic E-state index is 11.2. The molecule has 3 rings (SSSR count). The third-order valence-electron chi connectivity index (χ3n) is 4.63. The van der Waals surface area contributed by atoms with Crippen LogP contribution in [0.25, 0.3) is 0 Å². The Hall–Kier alpha value is -1.33. The van der Waals surface area contributed by atoms with E-state index in [1.807, 2.05) is 0 Å². The summed E-state index contributed by atoms with van der Waals surface area (Å²) in [7, 11) is 0. The Balaban J connectivity index is 1.89. The third kappa shape index (κ3) is 2.36. The van der Waals surface area contributed by atoms with Gasteiger partial charge >= 0.3 is 0 Å². The summed E-state index contributed by atoms with van der Waals surface area (Å²) in [5, 5.41) is 11.6. The monoisotopic (exact) mass is 295 g/mol. The number of fused-ring (bicyclic) bond motifs is 1. The summed E-state index contributed by atoms with van der Waals surface area (Å²) in [5.41, 5.74) is 6.96. The quantitative estimate of drug-likeness (QED) is 0.672. The molecule has 1 saturated heterocycles. The lowest BCUT2D eigenvalue weighted by molar-refractivity contribution is -0.384. The SMILES string of the molecule is NC1CCCC2CN(c3ccc(Cl)cc3[N+](=O)[O-])CC12. The Bertz CT molecular complexity index is 537. The zero-order chi connectivity index (χ0) is 14.3. The molecular weight excluding hydrogens is 278 g/mol. The van der Waals surface area contributed by atoms with Gasteiger partial charge in [0.25, 0.3) is 5.69 Å². The third-order valence-corrected chi connectivity index (χ3v) is 4.86. The number of nitrogens with zero attached hydrogens (tertiary/aromatic N) is 2. The lowest BCUT2D eigenvalue weighted by Crippen LogP contribution is -2.38. The van der Waals surface area contributed by atoms with Crippen LogP contribution in [0.15, 0.2) is 18.2 Å². The van der Waals surface area contributed by atoms with E-state index in [9.17, 15) is 10.1 Å². The minimum absolute atomic E-state index is 0.0877. The van der Waals surface area contributed by atoms with Gasteiger partial charge in [0, 0.05) is 30.2 Å². The minimum atomic E-state index is -0.358. The van der Waals surface area contributed by atoms with Gasteiger partial charge in [-0.3, -0.25) is 10.1 Å². The smallest absolute Gasteiger partial charge is 0.294 e. The summed E-state index contributed by atoms with van der Waals surface area (Å²) >= 11 is 5.87. The highest BCUT2D eigenvalue weighted by Gasteiger charge is 2.40. The fraction of sp³-hybridized carbons (Fsp3) is 0.571. The molecule has 108 valence electrons. The standard InChI is InChI=1S/C14H18ClN3O2/c15-10-4-5-13(14(6-10)18(19)20)17-7-9-2-1-3-12(16)11(9)8-17/h4-6,9,11-12H,1-3,7-8,16H2. The Kier molecular flexibility index (Phi) is 3.56. The van der Waals surface area contributed by atoms with E-state index < -0.39 is 0 Å². The molecule has 5 nitrogen and oxygen atoms in total. The molecule has 1 aliphatic heterocycles. The number of nitrogens with two attached hydrogens (primary N) is 1. The van der Waals surface area contributed by atoms with Gasteiger partial charge in [-0.2, -0.15) is 0 Å². The molecule has 1 saturated carbocycles. The largest absolute Gasteiger partial charge is 0.365 e. The van der Waals surface area contributed by atoms with E-state index >= 15 is 0 Å². The number of rotatable bonds is 2. The maximum Gasteiger partial charge on any atom is 0.294 e. The molecule has 1 aliphatic carbocycles. The van der Waals surface area contributed by atoms with E-state index in [0.717, 1.165) is 19.5 Å². The van der Waals surface area contributed by atoms with Crippen LogP contribution < -0.4 is 10.6 Å². The van der Waals surface area contributed by atoms with Crippen molar-refractivity contribution in [3.8, 4) is 0 Å². The summed E-state index contributed by atoms with van der Waals surface area (Å²) < 4.78 is 0. The van der Waals surface area contributed by atoms with Crippen molar-refractivity contribution in [2.75, 3.05) is 18.0 Å². The highest BCUT2D eigenvalue weighted by atomic mass is 35.5. The topological polar surface area (TPSA) is 72.4 Å². The van der Waals surface area contributed by atoms with E-state index in [0.29, 0.717) is 22.5 Å². The van der Waals surface area contributed by atoms with Crippen molar-refractivity contribution in [1.82, 2.24) is 0 Å². The number of anilines is 1. The molecule has 0 radical (unpaired) electrons. The normalized spacial score (nSPS) is 29.3. The molecule has 0 spiro atoms. The minimum Gasteiger partial charge on any atom is -0.365 e. The van der Waals surface area contributed by atoms with Gasteiger partial charge in [0.1, 0.15) is 5.69 Å². The number of benzene rings is 1. The average molecular weight is 296 g/mol. The highest BCUT2D eigenvalue weighted by Crippen LogP contribution is 2.40. The van der Waals surface area contributed by atoms with Crippen LogP contribution >= 0.6 is 11.6 Å². The van der Waals surface area contributed by atoms with Gasteiger partial charge < -0.3 is 10.6 Å². The van der Waals surface area contributed by atoms with Crippen LogP contribution in [0.4, 0.5) is 11.4 Å². The summed E-state index contributed by atoms with van der Waals surface area (Å²) in [4.78, 5) is 13.0. The van der Waals surface area contributed by atoms with Gasteiger partial charge in [-0.25, -0.2) is 0 Å². The van der Waals surface area contributed by atoms with Crippen LogP contribution in [0.5, 0.6) is 0 Å². The van der Waals surface area contributed by atoms with Crippen molar-refractivity contribution < 1.29 is 4.92 Å². The van der Waals surface area contributed by atoms with Crippen molar-refractivity contribution in [3.63, 3.8) is 0 Å². The zero-order valence-corrected chi connectivity index (χ0v) is 11.9. The number of nitro groups is 1. The molecule has 2 aliphatic rings. The van der Waals surface area contributed by atoms with E-state index in [1.165, 1.54) is 18.9 Å². The molecule has 1 aromatic carbocycles. The van der Waals surface area contributed by atoms with Crippen LogP contribution in [0.2, 0.25) is 5.02 Å². The Morgan fingerprint density at radius 2 is 2.15 bits per heavy atom. The van der Waals surface area contributed by atoms with E-state index in [2.05, 4.69) is 4.90 Å². The lowest BCUT2D eigenvalue weighted by atomic mass is 9.78. The molecule has 1 heterocycles. The van der Waals surface area contributed by atoms with Crippen LogP contribution in [-0.4, -0.2) is 24.1 Å². The molecule has 0 aromatic heterocycles. The zero-order valence-electron chi connectivity index (χ0n) is 11.2. The Morgan fingerprint density at radius 3 is 2.85 bits per heavy atom. The number of halogens is 1. The van der Waals surface area contributed by atoms with Crippen LogP contribution in [0, 0.1) is 22.0 Å². The molecule has 6 heteroatoms. The Morgan fingerprint density at radius 1 is 1.35 bits per heavy atom. The fourth-order valence-corrected chi connectivity index (χ4v) is 3.79. The molecule has 2 fully saturated rings. The predicted octanol–water partition coefficient (Wildman–Crippen LogP) is 2.81. The van der Waals surface area contributed by atoms with Gasteiger partial charge in [0.15, 0.2) is 0 Å². The molecule has 0 amide bonds. The van der Waals surface area contributed by atoms with E-state index in [4.69, 9.17) is 17.3 Å². The summed E-state index contributed by atoms with van der Waals surface area (Å²) in [6.45, 7) is 1.68. The summed E-state index contributed by atoms with van der Waals surface area (Å²) in [6, 6.07) is 5.12. The second-order valence-electron chi connectivity index (χ2n) is 5.81. The van der Waals surface area contributed by atoms with Gasteiger partial charge in [0.05, 0.1) is 4.92 Å². The van der Waals surface area contributed by atoms with Crippen molar-refractivity contribution in [3.05, 3.63) is 33.3 Å².